The maximum Gasteiger partial charge on any atom is 0.253 e. The first-order valence-corrected chi connectivity index (χ1v) is 12.2. The molecule has 0 spiro atoms. The molecule has 7 nitrogen and oxygen atoms in total. The van der Waals surface area contributed by atoms with Gasteiger partial charge in [-0.15, -0.1) is 0 Å². The van der Waals surface area contributed by atoms with E-state index in [1.165, 1.54) is 0 Å². The molecule has 2 N–H and O–H groups in total. The average molecular weight is 482 g/mol. The van der Waals surface area contributed by atoms with E-state index >= 15 is 0 Å². The van der Waals surface area contributed by atoms with E-state index in [0.29, 0.717) is 16.1 Å². The van der Waals surface area contributed by atoms with Gasteiger partial charge in [-0.25, -0.2) is 0 Å². The summed E-state index contributed by atoms with van der Waals surface area (Å²) in [5.41, 5.74) is 4.69. The van der Waals surface area contributed by atoms with Crippen LogP contribution in [0.5, 0.6) is 0 Å². The molecular weight excluding hydrogens is 450 g/mol. The lowest BCUT2D eigenvalue weighted by Crippen LogP contribution is -2.28. The molecule has 2 aromatic heterocycles. The van der Waals surface area contributed by atoms with Gasteiger partial charge in [0, 0.05) is 61.2 Å². The van der Waals surface area contributed by atoms with Crippen molar-refractivity contribution in [1.82, 2.24) is 19.9 Å². The number of carbonyl (C=O) groups excluding carboxylic acids is 1. The van der Waals surface area contributed by atoms with Gasteiger partial charge in [0.25, 0.3) is 11.5 Å². The summed E-state index contributed by atoms with van der Waals surface area (Å²) in [6.45, 7) is 9.04. The molecule has 4 rings (SSSR count). The molecule has 1 aliphatic heterocycles. The predicted molar refractivity (Wildman–Crippen MR) is 138 cm³/mol. The van der Waals surface area contributed by atoms with Crippen LogP contribution in [0.4, 0.5) is 0 Å². The van der Waals surface area contributed by atoms with Crippen molar-refractivity contribution in [1.29, 1.82) is 0 Å². The van der Waals surface area contributed by atoms with E-state index in [4.69, 9.17) is 11.6 Å². The Balaban J connectivity index is 1.74. The fourth-order valence-corrected chi connectivity index (χ4v) is 4.98. The smallest absolute Gasteiger partial charge is 0.253 e. The number of benzene rings is 1. The van der Waals surface area contributed by atoms with Gasteiger partial charge in [0.1, 0.15) is 0 Å². The summed E-state index contributed by atoms with van der Waals surface area (Å²) in [5, 5.41) is 10.5. The molecule has 180 valence electrons. The number of nitrogens with one attached hydrogen (secondary N) is 2. The number of fused-ring (bicyclic) bond motifs is 1. The number of hydrogen-bond acceptors (Lipinski definition) is 4. The van der Waals surface area contributed by atoms with E-state index in [1.807, 2.05) is 43.5 Å². The number of nitrogens with zero attached hydrogens (tertiary/aromatic N) is 3. The summed E-state index contributed by atoms with van der Waals surface area (Å²) >= 11 is 6.64. The van der Waals surface area contributed by atoms with Crippen LogP contribution < -0.4 is 10.9 Å². The van der Waals surface area contributed by atoms with Crippen LogP contribution in [0.25, 0.3) is 10.9 Å². The maximum atomic E-state index is 13.5. The number of pyridine rings is 1. The van der Waals surface area contributed by atoms with Gasteiger partial charge in [-0.1, -0.05) is 24.9 Å². The average Bonchev–Trinajstić information content (AvgIpc) is 3.36. The second-order valence-corrected chi connectivity index (χ2v) is 9.78. The minimum Gasteiger partial charge on any atom is -0.348 e. The van der Waals surface area contributed by atoms with Crippen molar-refractivity contribution < 1.29 is 4.79 Å². The molecule has 0 aliphatic carbocycles. The summed E-state index contributed by atoms with van der Waals surface area (Å²) in [6.07, 6.45) is 5.50. The van der Waals surface area contributed by atoms with Crippen molar-refractivity contribution >= 4 is 34.6 Å². The van der Waals surface area contributed by atoms with Crippen LogP contribution in [0.3, 0.4) is 0 Å². The zero-order valence-corrected chi connectivity index (χ0v) is 21.2. The van der Waals surface area contributed by atoms with Crippen LogP contribution >= 0.6 is 11.6 Å². The van der Waals surface area contributed by atoms with Crippen molar-refractivity contribution in [3.8, 4) is 0 Å². The first kappa shape index (κ1) is 24.1. The highest BCUT2D eigenvalue weighted by Gasteiger charge is 2.24. The Morgan fingerprint density at radius 3 is 2.74 bits per heavy atom. The topological polar surface area (TPSA) is 82.5 Å². The lowest BCUT2D eigenvalue weighted by Gasteiger charge is -2.16. The van der Waals surface area contributed by atoms with Gasteiger partial charge in [-0.3, -0.25) is 14.6 Å². The lowest BCUT2D eigenvalue weighted by molar-refractivity contribution is 0.0952. The van der Waals surface area contributed by atoms with Crippen LogP contribution in [0.1, 0.15) is 71.9 Å². The van der Waals surface area contributed by atoms with E-state index in [0.717, 1.165) is 47.1 Å². The number of aromatic nitrogens is 2. The summed E-state index contributed by atoms with van der Waals surface area (Å²) in [7, 11) is 1.93. The Labute approximate surface area is 204 Å². The van der Waals surface area contributed by atoms with E-state index in [2.05, 4.69) is 46.8 Å². The minimum atomic E-state index is -0.249. The molecule has 34 heavy (non-hydrogen) atoms. The van der Waals surface area contributed by atoms with Crippen LogP contribution in [0.15, 0.2) is 34.3 Å². The molecule has 0 radical (unpaired) electrons. The summed E-state index contributed by atoms with van der Waals surface area (Å²) in [5.74, 6) is -0.160. The number of halogens is 1. The Kier molecular flexibility index (Phi) is 6.84. The van der Waals surface area contributed by atoms with Gasteiger partial charge in [-0.05, 0) is 56.5 Å². The van der Waals surface area contributed by atoms with E-state index < -0.39 is 0 Å². The molecule has 1 aliphatic rings. The number of rotatable bonds is 7. The quantitative estimate of drug-likeness (QED) is 0.510. The van der Waals surface area contributed by atoms with Crippen molar-refractivity contribution in [3.05, 3.63) is 67.7 Å². The van der Waals surface area contributed by atoms with Crippen molar-refractivity contribution in [2.24, 2.45) is 5.10 Å². The summed E-state index contributed by atoms with van der Waals surface area (Å²) in [4.78, 5) is 29.0. The zero-order chi connectivity index (χ0) is 24.6. The molecule has 3 heterocycles. The minimum absolute atomic E-state index is 0.0892. The van der Waals surface area contributed by atoms with E-state index in [-0.39, 0.29) is 30.0 Å². The number of aromatic amines is 1. The molecule has 1 atom stereocenters. The highest BCUT2D eigenvalue weighted by atomic mass is 35.5. The van der Waals surface area contributed by atoms with Crippen LogP contribution in [-0.4, -0.2) is 40.3 Å². The molecule has 8 heteroatoms. The molecular formula is C26H32ClN5O2. The fourth-order valence-electron chi connectivity index (χ4n) is 4.68. The largest absolute Gasteiger partial charge is 0.348 e. The maximum absolute atomic E-state index is 13.5. The zero-order valence-electron chi connectivity index (χ0n) is 20.4. The van der Waals surface area contributed by atoms with Crippen molar-refractivity contribution in [2.75, 3.05) is 13.6 Å². The van der Waals surface area contributed by atoms with Crippen LogP contribution in [0, 0.1) is 6.92 Å². The number of H-pyrrole nitrogens is 1. The molecule has 3 aromatic rings. The third-order valence-corrected chi connectivity index (χ3v) is 6.64. The van der Waals surface area contributed by atoms with Gasteiger partial charge < -0.3 is 14.9 Å². The van der Waals surface area contributed by atoms with Gasteiger partial charge in [-0.2, -0.15) is 5.10 Å². The fraction of sp³-hybridized carbons (Fsp3) is 0.423. The monoisotopic (exact) mass is 481 g/mol. The molecule has 1 aromatic carbocycles. The number of likely N-dealkylation sites (N-methyl/N-ethyl adjacent to an activating group) is 1. The number of carbonyl (C=O) groups is 1. The number of amides is 1. The molecule has 0 saturated carbocycles. The Morgan fingerprint density at radius 2 is 2.09 bits per heavy atom. The molecule has 0 saturated heterocycles. The number of hydrogen-bond donors (Lipinski definition) is 2. The summed E-state index contributed by atoms with van der Waals surface area (Å²) < 4.78 is 2.10. The van der Waals surface area contributed by atoms with Crippen LogP contribution in [-0.2, 0) is 13.0 Å². The molecule has 1 unspecified atom stereocenters. The Bertz CT molecular complexity index is 1320. The molecule has 1 amide bonds. The van der Waals surface area contributed by atoms with Gasteiger partial charge in [0.15, 0.2) is 0 Å². The van der Waals surface area contributed by atoms with Gasteiger partial charge in [0.2, 0.25) is 0 Å². The standard InChI is InChI=1S/C26H32ClN5O2/c1-6-7-17-8-16(4)30-26(34)21(17)12-28-25(33)20-9-18(19-11-29-31(5)13-19)10-23-24(20)22(27)14-32(23)15(2)3/h8-11,14-15,19H,6-7,12-13H2,1-5H3,(H,28,33)(H,30,34). The lowest BCUT2D eigenvalue weighted by atomic mass is 9.96. The van der Waals surface area contributed by atoms with Crippen LogP contribution in [0.2, 0.25) is 5.02 Å². The first-order valence-electron chi connectivity index (χ1n) is 11.8. The second-order valence-electron chi connectivity index (χ2n) is 9.37. The first-order chi connectivity index (χ1) is 16.2. The van der Waals surface area contributed by atoms with E-state index in [1.54, 1.807) is 0 Å². The third kappa shape index (κ3) is 4.62. The highest BCUT2D eigenvalue weighted by Crippen LogP contribution is 2.35. The summed E-state index contributed by atoms with van der Waals surface area (Å²) in [6, 6.07) is 6.19. The molecule has 0 bridgehead atoms. The molecule has 0 fully saturated rings. The van der Waals surface area contributed by atoms with Gasteiger partial charge >= 0.3 is 0 Å². The highest BCUT2D eigenvalue weighted by molar-refractivity contribution is 6.37. The predicted octanol–water partition coefficient (Wildman–Crippen LogP) is 4.77. The number of aryl methyl sites for hydroxylation is 2. The normalized spacial score (nSPS) is 15.6. The third-order valence-electron chi connectivity index (χ3n) is 6.35. The second kappa shape index (κ2) is 9.66. The number of hydrazone groups is 1. The van der Waals surface area contributed by atoms with E-state index in [9.17, 15) is 9.59 Å². The Morgan fingerprint density at radius 1 is 1.32 bits per heavy atom. The van der Waals surface area contributed by atoms with Gasteiger partial charge in [0.05, 0.1) is 16.1 Å². The van der Waals surface area contributed by atoms with Crippen molar-refractivity contribution in [3.63, 3.8) is 0 Å². The SMILES string of the molecule is CCCc1cc(C)[nH]c(=O)c1CNC(=O)c1cc(C2C=NN(C)C2)cc2c1c(Cl)cn2C(C)C. The Hall–Kier alpha value is -3.06. The van der Waals surface area contributed by atoms with Crippen molar-refractivity contribution in [2.45, 2.75) is 59.0 Å².